The smallest absolute Gasteiger partial charge is 0.247 e. The van der Waals surface area contributed by atoms with Gasteiger partial charge < -0.3 is 14.8 Å². The van der Waals surface area contributed by atoms with Crippen molar-refractivity contribution in [2.24, 2.45) is 0 Å². The number of fused-ring (bicyclic) bond motifs is 1. The zero-order chi connectivity index (χ0) is 22.6. The molecule has 0 bridgehead atoms. The maximum absolute atomic E-state index is 13.6. The molecule has 0 unspecified atom stereocenters. The summed E-state index contributed by atoms with van der Waals surface area (Å²) in [5.41, 5.74) is 2.23. The van der Waals surface area contributed by atoms with Crippen molar-refractivity contribution >= 4 is 15.7 Å². The largest absolute Gasteiger partial charge is 0.490 e. The molecular weight excluding hydrogens is 424 g/mol. The first kappa shape index (κ1) is 21.9. The normalized spacial score (nSPS) is 17.1. The topological polar surface area (TPSA) is 67.9 Å². The zero-order valence-electron chi connectivity index (χ0n) is 17.9. The second kappa shape index (κ2) is 9.46. The Morgan fingerprint density at radius 3 is 2.50 bits per heavy atom. The predicted octanol–water partition coefficient (Wildman–Crippen LogP) is 4.97. The summed E-state index contributed by atoms with van der Waals surface area (Å²) < 4.78 is 40.2. The van der Waals surface area contributed by atoms with Gasteiger partial charge in [-0.3, -0.25) is 0 Å². The maximum atomic E-state index is 13.6. The third kappa shape index (κ3) is 4.35. The number of para-hydroxylation sites is 1. The van der Waals surface area contributed by atoms with Crippen LogP contribution in [-0.2, 0) is 16.6 Å². The fourth-order valence-electron chi connectivity index (χ4n) is 3.72. The molecule has 3 aromatic rings. The number of benzene rings is 3. The van der Waals surface area contributed by atoms with Gasteiger partial charge in [0.15, 0.2) is 11.5 Å². The highest BCUT2D eigenvalue weighted by Crippen LogP contribution is 2.41. The molecule has 0 amide bonds. The van der Waals surface area contributed by atoms with Crippen LogP contribution in [0, 0.1) is 0 Å². The van der Waals surface area contributed by atoms with Crippen LogP contribution in [0.4, 0.5) is 5.69 Å². The molecule has 1 aliphatic heterocycles. The Bertz CT molecular complexity index is 1200. The Morgan fingerprint density at radius 2 is 1.75 bits per heavy atom. The lowest BCUT2D eigenvalue weighted by atomic mass is 10.1. The lowest BCUT2D eigenvalue weighted by Crippen LogP contribution is -2.42. The maximum Gasteiger partial charge on any atom is 0.247 e. The molecule has 0 fully saturated rings. The van der Waals surface area contributed by atoms with Crippen LogP contribution in [0.15, 0.2) is 90.3 Å². The van der Waals surface area contributed by atoms with Crippen molar-refractivity contribution in [1.82, 2.24) is 4.31 Å². The second-order valence-corrected chi connectivity index (χ2v) is 9.18. The molecule has 0 aromatic heterocycles. The quantitative estimate of drug-likeness (QED) is 0.491. The van der Waals surface area contributed by atoms with Crippen molar-refractivity contribution < 1.29 is 17.9 Å². The van der Waals surface area contributed by atoms with Crippen molar-refractivity contribution in [3.63, 3.8) is 0 Å². The van der Waals surface area contributed by atoms with Gasteiger partial charge in [0, 0.05) is 6.54 Å². The molecule has 1 N–H and O–H groups in total. The van der Waals surface area contributed by atoms with Crippen LogP contribution in [-0.4, -0.2) is 25.9 Å². The molecule has 3 aromatic carbocycles. The van der Waals surface area contributed by atoms with E-state index in [0.29, 0.717) is 30.4 Å². The van der Waals surface area contributed by atoms with Crippen molar-refractivity contribution in [2.75, 3.05) is 18.5 Å². The molecule has 0 saturated heterocycles. The third-order valence-corrected chi connectivity index (χ3v) is 7.04. The lowest BCUT2D eigenvalue weighted by Gasteiger charge is -2.37. The lowest BCUT2D eigenvalue weighted by molar-refractivity contribution is 0.294. The molecule has 1 atom stereocenters. The van der Waals surface area contributed by atoms with E-state index in [1.54, 1.807) is 30.3 Å². The predicted molar refractivity (Wildman–Crippen MR) is 125 cm³/mol. The summed E-state index contributed by atoms with van der Waals surface area (Å²) in [6.45, 7) is 6.61. The molecular formula is C25H26N2O4S. The molecule has 0 spiro atoms. The van der Waals surface area contributed by atoms with Crippen LogP contribution in [0.2, 0.25) is 0 Å². The second-order valence-electron chi connectivity index (χ2n) is 7.32. The number of hydrogen-bond acceptors (Lipinski definition) is 5. The van der Waals surface area contributed by atoms with Crippen molar-refractivity contribution in [3.8, 4) is 11.5 Å². The fourth-order valence-corrected chi connectivity index (χ4v) is 5.39. The van der Waals surface area contributed by atoms with Crippen LogP contribution in [0.25, 0.3) is 0 Å². The Kier molecular flexibility index (Phi) is 6.48. The fraction of sp³-hybridized carbons (Fsp3) is 0.200. The first-order valence-corrected chi connectivity index (χ1v) is 11.9. The molecule has 0 saturated carbocycles. The zero-order valence-corrected chi connectivity index (χ0v) is 18.7. The summed E-state index contributed by atoms with van der Waals surface area (Å²) in [4.78, 5) is 0.267. The number of rotatable bonds is 8. The van der Waals surface area contributed by atoms with Gasteiger partial charge in [-0.25, -0.2) is 8.42 Å². The minimum Gasteiger partial charge on any atom is -0.490 e. The Balaban J connectivity index is 1.79. The summed E-state index contributed by atoms with van der Waals surface area (Å²) >= 11 is 0. The van der Waals surface area contributed by atoms with Gasteiger partial charge in [0.1, 0.15) is 17.7 Å². The van der Waals surface area contributed by atoms with E-state index in [1.165, 1.54) is 4.31 Å². The van der Waals surface area contributed by atoms with Gasteiger partial charge in [0.25, 0.3) is 0 Å². The molecule has 6 nitrogen and oxygen atoms in total. The summed E-state index contributed by atoms with van der Waals surface area (Å²) in [5.74, 6) is 1.15. The highest BCUT2D eigenvalue weighted by Gasteiger charge is 2.39. The first-order chi connectivity index (χ1) is 15.5. The molecule has 1 heterocycles. The number of anilines is 1. The van der Waals surface area contributed by atoms with E-state index in [4.69, 9.17) is 9.47 Å². The molecule has 4 rings (SSSR count). The summed E-state index contributed by atoms with van der Waals surface area (Å²) in [7, 11) is -3.74. The van der Waals surface area contributed by atoms with E-state index in [-0.39, 0.29) is 11.4 Å². The van der Waals surface area contributed by atoms with Gasteiger partial charge in [-0.05, 0) is 42.3 Å². The van der Waals surface area contributed by atoms with E-state index >= 15 is 0 Å². The molecule has 0 aliphatic carbocycles. The summed E-state index contributed by atoms with van der Waals surface area (Å²) in [6, 6.07) is 22.0. The van der Waals surface area contributed by atoms with Crippen molar-refractivity contribution in [3.05, 3.63) is 96.6 Å². The average Bonchev–Trinajstić information content (AvgIpc) is 2.81. The number of nitrogens with zero attached hydrogens (tertiary/aromatic N) is 1. The van der Waals surface area contributed by atoms with E-state index in [0.717, 1.165) is 11.1 Å². The van der Waals surface area contributed by atoms with Gasteiger partial charge in [0.2, 0.25) is 10.0 Å². The third-order valence-electron chi connectivity index (χ3n) is 5.18. The number of hydrogen-bond donors (Lipinski definition) is 1. The Hall–Kier alpha value is -3.29. The van der Waals surface area contributed by atoms with Gasteiger partial charge in [-0.2, -0.15) is 4.31 Å². The van der Waals surface area contributed by atoms with Crippen LogP contribution < -0.4 is 14.8 Å². The minimum absolute atomic E-state index is 0.230. The average molecular weight is 451 g/mol. The number of sulfonamides is 1. The van der Waals surface area contributed by atoms with Gasteiger partial charge in [-0.15, -0.1) is 0 Å². The van der Waals surface area contributed by atoms with Crippen molar-refractivity contribution in [2.45, 2.75) is 24.5 Å². The van der Waals surface area contributed by atoms with Crippen LogP contribution in [0.5, 0.6) is 11.5 Å². The standard InChI is InChI=1S/C25H26N2O4S/c1-3-16-31-22-15-14-20(17-23(22)30-4-2)25-26-21-12-8-9-13-24(21)32(28,29)27(25)18-19-10-6-5-7-11-19/h3,5-15,17,25-26H,1,4,16,18H2,2H3/t25-/m1/s1. The van der Waals surface area contributed by atoms with E-state index < -0.39 is 16.2 Å². The summed E-state index contributed by atoms with van der Waals surface area (Å²) in [6.07, 6.45) is 1.06. The van der Waals surface area contributed by atoms with Crippen molar-refractivity contribution in [1.29, 1.82) is 0 Å². The summed E-state index contributed by atoms with van der Waals surface area (Å²) in [5, 5.41) is 3.41. The van der Waals surface area contributed by atoms with Gasteiger partial charge >= 0.3 is 0 Å². The number of nitrogens with one attached hydrogen (secondary N) is 1. The molecule has 0 radical (unpaired) electrons. The molecule has 32 heavy (non-hydrogen) atoms. The molecule has 7 heteroatoms. The van der Waals surface area contributed by atoms with Crippen LogP contribution in [0.3, 0.4) is 0 Å². The van der Waals surface area contributed by atoms with E-state index in [2.05, 4.69) is 11.9 Å². The highest BCUT2D eigenvalue weighted by molar-refractivity contribution is 7.89. The van der Waals surface area contributed by atoms with E-state index in [9.17, 15) is 8.42 Å². The molecule has 1 aliphatic rings. The highest BCUT2D eigenvalue weighted by atomic mass is 32.2. The Labute approximate surface area is 189 Å². The van der Waals surface area contributed by atoms with E-state index in [1.807, 2.05) is 55.5 Å². The Morgan fingerprint density at radius 1 is 1.00 bits per heavy atom. The molecule has 166 valence electrons. The SMILES string of the molecule is C=CCOc1ccc([C@@H]2Nc3ccccc3S(=O)(=O)N2Cc2ccccc2)cc1OCC. The van der Waals surface area contributed by atoms with Crippen LogP contribution >= 0.6 is 0 Å². The monoisotopic (exact) mass is 450 g/mol. The van der Waals surface area contributed by atoms with Gasteiger partial charge in [-0.1, -0.05) is 61.2 Å². The minimum atomic E-state index is -3.74. The first-order valence-electron chi connectivity index (χ1n) is 10.5. The van der Waals surface area contributed by atoms with Crippen LogP contribution in [0.1, 0.15) is 24.2 Å². The van der Waals surface area contributed by atoms with Gasteiger partial charge in [0.05, 0.1) is 12.3 Å². The number of ether oxygens (including phenoxy) is 2.